The number of hydrogen-bond donors (Lipinski definition) is 2. The lowest BCUT2D eigenvalue weighted by Gasteiger charge is -2.18. The van der Waals surface area contributed by atoms with Crippen LogP contribution >= 0.6 is 0 Å². The Morgan fingerprint density at radius 3 is 2.92 bits per heavy atom. The van der Waals surface area contributed by atoms with E-state index in [4.69, 9.17) is 9.47 Å². The molecular formula is C19H20N2O4. The zero-order valence-corrected chi connectivity index (χ0v) is 14.2. The predicted molar refractivity (Wildman–Crippen MR) is 94.3 cm³/mol. The van der Waals surface area contributed by atoms with Gasteiger partial charge in [0.2, 0.25) is 0 Å². The summed E-state index contributed by atoms with van der Waals surface area (Å²) in [7, 11) is 1.64. The molecule has 6 nitrogen and oxygen atoms in total. The van der Waals surface area contributed by atoms with Crippen LogP contribution in [0.15, 0.2) is 36.4 Å². The third kappa shape index (κ3) is 3.91. The maximum absolute atomic E-state index is 12.3. The molecule has 2 aromatic carbocycles. The first kappa shape index (κ1) is 16.8. The van der Waals surface area contributed by atoms with E-state index in [-0.39, 0.29) is 18.4 Å². The number of nitrogens with one attached hydrogen (secondary N) is 2. The summed E-state index contributed by atoms with van der Waals surface area (Å²) in [6, 6.07) is 11.0. The molecule has 0 aromatic heterocycles. The van der Waals surface area contributed by atoms with Gasteiger partial charge in [0.1, 0.15) is 11.5 Å². The fourth-order valence-corrected chi connectivity index (χ4v) is 2.74. The van der Waals surface area contributed by atoms with Crippen molar-refractivity contribution in [3.05, 3.63) is 53.1 Å². The van der Waals surface area contributed by atoms with E-state index >= 15 is 0 Å². The van der Waals surface area contributed by atoms with Gasteiger partial charge >= 0.3 is 0 Å². The van der Waals surface area contributed by atoms with Crippen molar-refractivity contribution in [3.8, 4) is 11.5 Å². The highest BCUT2D eigenvalue weighted by atomic mass is 16.5. The van der Waals surface area contributed by atoms with Gasteiger partial charge in [0.25, 0.3) is 11.8 Å². The molecule has 0 spiro atoms. The second kappa shape index (κ2) is 7.25. The molecule has 0 aliphatic carbocycles. The van der Waals surface area contributed by atoms with Gasteiger partial charge in [-0.1, -0.05) is 17.7 Å². The summed E-state index contributed by atoms with van der Waals surface area (Å²) in [5.74, 6) is 0.958. The van der Waals surface area contributed by atoms with Crippen molar-refractivity contribution < 1.29 is 19.1 Å². The third-order valence-electron chi connectivity index (χ3n) is 3.99. The van der Waals surface area contributed by atoms with E-state index in [1.807, 2.05) is 19.1 Å². The average molecular weight is 340 g/mol. The molecular weight excluding hydrogens is 320 g/mol. The minimum atomic E-state index is -0.225. The van der Waals surface area contributed by atoms with Crippen molar-refractivity contribution >= 4 is 17.5 Å². The Morgan fingerprint density at radius 1 is 1.28 bits per heavy atom. The topological polar surface area (TPSA) is 76.7 Å². The Kier molecular flexibility index (Phi) is 4.88. The van der Waals surface area contributed by atoms with Gasteiger partial charge in [-0.15, -0.1) is 0 Å². The molecule has 6 heteroatoms. The number of methoxy groups -OCH3 is 1. The molecule has 3 rings (SSSR count). The van der Waals surface area contributed by atoms with E-state index in [2.05, 4.69) is 16.7 Å². The van der Waals surface area contributed by atoms with Crippen molar-refractivity contribution in [2.45, 2.75) is 13.3 Å². The van der Waals surface area contributed by atoms with Crippen molar-refractivity contribution in [2.75, 3.05) is 25.6 Å². The number of aryl methyl sites for hydroxylation is 1. The molecule has 25 heavy (non-hydrogen) atoms. The molecule has 0 fully saturated rings. The Hall–Kier alpha value is -3.02. The number of anilines is 1. The van der Waals surface area contributed by atoms with E-state index in [1.165, 1.54) is 0 Å². The first-order chi connectivity index (χ1) is 12.1. The number of rotatable bonds is 5. The minimum Gasteiger partial charge on any atom is -0.496 e. The van der Waals surface area contributed by atoms with Crippen molar-refractivity contribution in [2.24, 2.45) is 0 Å². The Labute approximate surface area is 146 Å². The molecule has 2 aromatic rings. The predicted octanol–water partition coefficient (Wildman–Crippen LogP) is 2.31. The van der Waals surface area contributed by atoms with Crippen LogP contribution in [0.25, 0.3) is 0 Å². The second-order valence-corrected chi connectivity index (χ2v) is 5.87. The summed E-state index contributed by atoms with van der Waals surface area (Å²) in [6.07, 6.45) is 0.668. The van der Waals surface area contributed by atoms with Crippen molar-refractivity contribution in [3.63, 3.8) is 0 Å². The van der Waals surface area contributed by atoms with E-state index in [1.54, 1.807) is 25.3 Å². The van der Waals surface area contributed by atoms with Crippen LogP contribution in [-0.4, -0.2) is 32.1 Å². The van der Waals surface area contributed by atoms with Gasteiger partial charge < -0.3 is 20.1 Å². The molecule has 1 heterocycles. The maximum atomic E-state index is 12.3. The van der Waals surface area contributed by atoms with Crippen LogP contribution in [0, 0.1) is 6.92 Å². The third-order valence-corrected chi connectivity index (χ3v) is 3.99. The number of carbonyl (C=O) groups is 2. The fraction of sp³-hybridized carbons (Fsp3) is 0.263. The lowest BCUT2D eigenvalue weighted by Crippen LogP contribution is -2.28. The Bertz CT molecular complexity index is 817. The number of benzene rings is 2. The van der Waals surface area contributed by atoms with Crippen LogP contribution in [0.1, 0.15) is 21.5 Å². The van der Waals surface area contributed by atoms with E-state index in [0.717, 1.165) is 16.9 Å². The standard InChI is InChI=1S/C19H20N2O4/c1-12-3-5-16(24-2)13(9-12)7-8-20-19(23)14-4-6-17-15(10-14)21-18(22)11-25-17/h3-6,9-10H,7-8,11H2,1-2H3,(H,20,23)(H,21,22). The van der Waals surface area contributed by atoms with Crippen molar-refractivity contribution in [1.82, 2.24) is 5.32 Å². The van der Waals surface area contributed by atoms with Crippen LogP contribution < -0.4 is 20.1 Å². The summed E-state index contributed by atoms with van der Waals surface area (Å²) in [5, 5.41) is 5.59. The van der Waals surface area contributed by atoms with E-state index in [9.17, 15) is 9.59 Å². The van der Waals surface area contributed by atoms with Crippen LogP contribution in [0.5, 0.6) is 11.5 Å². The minimum absolute atomic E-state index is 0.00311. The van der Waals surface area contributed by atoms with Crippen LogP contribution in [0.2, 0.25) is 0 Å². The summed E-state index contributed by atoms with van der Waals surface area (Å²) >= 11 is 0. The van der Waals surface area contributed by atoms with Gasteiger partial charge in [-0.2, -0.15) is 0 Å². The van der Waals surface area contributed by atoms with Gasteiger partial charge in [-0.05, 0) is 43.2 Å². The normalized spacial score (nSPS) is 12.6. The molecule has 0 saturated heterocycles. The average Bonchev–Trinajstić information content (AvgIpc) is 2.61. The molecule has 1 aliphatic heterocycles. The Balaban J connectivity index is 1.63. The van der Waals surface area contributed by atoms with Gasteiger partial charge in [-0.3, -0.25) is 9.59 Å². The second-order valence-electron chi connectivity index (χ2n) is 5.87. The summed E-state index contributed by atoms with van der Waals surface area (Å²) < 4.78 is 10.6. The zero-order valence-electron chi connectivity index (χ0n) is 14.2. The van der Waals surface area contributed by atoms with E-state index in [0.29, 0.717) is 30.0 Å². The lowest BCUT2D eigenvalue weighted by atomic mass is 10.1. The Morgan fingerprint density at radius 2 is 2.12 bits per heavy atom. The van der Waals surface area contributed by atoms with Crippen molar-refractivity contribution in [1.29, 1.82) is 0 Å². The number of ether oxygens (including phenoxy) is 2. The largest absolute Gasteiger partial charge is 0.496 e. The van der Waals surface area contributed by atoms with Crippen LogP contribution in [0.4, 0.5) is 5.69 Å². The number of carbonyl (C=O) groups excluding carboxylic acids is 2. The van der Waals surface area contributed by atoms with Gasteiger partial charge in [0.15, 0.2) is 6.61 Å². The molecule has 0 saturated carbocycles. The first-order valence-corrected chi connectivity index (χ1v) is 8.05. The highest BCUT2D eigenvalue weighted by Crippen LogP contribution is 2.28. The molecule has 1 aliphatic rings. The van der Waals surface area contributed by atoms with Gasteiger partial charge in [0, 0.05) is 12.1 Å². The molecule has 0 bridgehead atoms. The van der Waals surface area contributed by atoms with Gasteiger partial charge in [0.05, 0.1) is 12.8 Å². The maximum Gasteiger partial charge on any atom is 0.262 e. The lowest BCUT2D eigenvalue weighted by molar-refractivity contribution is -0.118. The molecule has 2 amide bonds. The summed E-state index contributed by atoms with van der Waals surface area (Å²) in [5.41, 5.74) is 3.19. The highest BCUT2D eigenvalue weighted by molar-refractivity contribution is 5.99. The zero-order chi connectivity index (χ0) is 17.8. The number of hydrogen-bond acceptors (Lipinski definition) is 4. The first-order valence-electron chi connectivity index (χ1n) is 8.05. The summed E-state index contributed by atoms with van der Waals surface area (Å²) in [6.45, 7) is 2.50. The SMILES string of the molecule is COc1ccc(C)cc1CCNC(=O)c1ccc2c(c1)NC(=O)CO2. The smallest absolute Gasteiger partial charge is 0.262 e. The molecule has 0 unspecified atom stereocenters. The molecule has 2 N–H and O–H groups in total. The molecule has 0 atom stereocenters. The summed E-state index contributed by atoms with van der Waals surface area (Å²) in [4.78, 5) is 23.7. The highest BCUT2D eigenvalue weighted by Gasteiger charge is 2.17. The molecule has 0 radical (unpaired) electrons. The van der Waals surface area contributed by atoms with Crippen LogP contribution in [0.3, 0.4) is 0 Å². The fourth-order valence-electron chi connectivity index (χ4n) is 2.74. The van der Waals surface area contributed by atoms with E-state index < -0.39 is 0 Å². The van der Waals surface area contributed by atoms with Gasteiger partial charge in [-0.25, -0.2) is 0 Å². The number of fused-ring (bicyclic) bond motifs is 1. The quantitative estimate of drug-likeness (QED) is 0.876. The molecule has 130 valence electrons. The van der Waals surface area contributed by atoms with Crippen LogP contribution in [-0.2, 0) is 11.2 Å². The number of amides is 2. The monoisotopic (exact) mass is 340 g/mol.